The van der Waals surface area contributed by atoms with Gasteiger partial charge in [0.1, 0.15) is 11.6 Å². The first-order chi connectivity index (χ1) is 9.08. The van der Waals surface area contributed by atoms with Crippen molar-refractivity contribution in [1.29, 1.82) is 0 Å². The van der Waals surface area contributed by atoms with E-state index in [0.29, 0.717) is 18.1 Å². The number of carboxylic acid groups (broad SMARTS) is 1. The molecule has 0 amide bonds. The second-order valence-corrected chi connectivity index (χ2v) is 4.20. The fourth-order valence-corrected chi connectivity index (χ4v) is 1.61. The normalized spacial score (nSPS) is 10.2. The Hall–Kier alpha value is -2.43. The monoisotopic (exact) mass is 257 g/mol. The second-order valence-electron chi connectivity index (χ2n) is 4.20. The number of aromatic nitrogens is 2. The standard InChI is InChI=1S/C14H15N3O2/c1-3-12-16-11(14(18)19)8-13(17-12)15-10-6-4-9(2)5-7-10/h4-8H,3H2,1-2H3,(H,18,19)(H,15,16,17). The molecule has 19 heavy (non-hydrogen) atoms. The lowest BCUT2D eigenvalue weighted by atomic mass is 10.2. The minimum Gasteiger partial charge on any atom is -0.477 e. The summed E-state index contributed by atoms with van der Waals surface area (Å²) < 4.78 is 0. The molecule has 0 saturated carbocycles. The molecule has 0 saturated heterocycles. The van der Waals surface area contributed by atoms with Crippen LogP contribution in [0.2, 0.25) is 0 Å². The summed E-state index contributed by atoms with van der Waals surface area (Å²) in [6.45, 7) is 3.89. The van der Waals surface area contributed by atoms with Crippen molar-refractivity contribution in [2.75, 3.05) is 5.32 Å². The first kappa shape index (κ1) is 13.0. The predicted molar refractivity (Wildman–Crippen MR) is 72.8 cm³/mol. The molecule has 5 heteroatoms. The van der Waals surface area contributed by atoms with Crippen LogP contribution in [0.15, 0.2) is 30.3 Å². The van der Waals surface area contributed by atoms with Crippen LogP contribution in [0.5, 0.6) is 0 Å². The van der Waals surface area contributed by atoms with Crippen LogP contribution in [0.25, 0.3) is 0 Å². The number of hydrogen-bond acceptors (Lipinski definition) is 4. The van der Waals surface area contributed by atoms with Crippen LogP contribution in [0.4, 0.5) is 11.5 Å². The van der Waals surface area contributed by atoms with Gasteiger partial charge in [-0.3, -0.25) is 0 Å². The lowest BCUT2D eigenvalue weighted by Crippen LogP contribution is -2.07. The van der Waals surface area contributed by atoms with Gasteiger partial charge >= 0.3 is 5.97 Å². The average molecular weight is 257 g/mol. The van der Waals surface area contributed by atoms with Gasteiger partial charge < -0.3 is 10.4 Å². The van der Waals surface area contributed by atoms with Gasteiger partial charge in [0.05, 0.1) is 0 Å². The van der Waals surface area contributed by atoms with E-state index in [0.717, 1.165) is 11.3 Å². The van der Waals surface area contributed by atoms with Crippen molar-refractivity contribution in [3.63, 3.8) is 0 Å². The van der Waals surface area contributed by atoms with Gasteiger partial charge in [0.15, 0.2) is 5.69 Å². The van der Waals surface area contributed by atoms with E-state index in [1.54, 1.807) is 0 Å². The topological polar surface area (TPSA) is 75.1 Å². The number of benzene rings is 1. The summed E-state index contributed by atoms with van der Waals surface area (Å²) in [4.78, 5) is 19.2. The summed E-state index contributed by atoms with van der Waals surface area (Å²) >= 11 is 0. The number of nitrogens with zero attached hydrogens (tertiary/aromatic N) is 2. The van der Waals surface area contributed by atoms with Crippen molar-refractivity contribution < 1.29 is 9.90 Å². The van der Waals surface area contributed by atoms with Crippen LogP contribution in [0.3, 0.4) is 0 Å². The summed E-state index contributed by atoms with van der Waals surface area (Å²) in [6, 6.07) is 9.22. The molecule has 5 nitrogen and oxygen atoms in total. The van der Waals surface area contributed by atoms with Gasteiger partial charge in [0.2, 0.25) is 0 Å². The van der Waals surface area contributed by atoms with Crippen LogP contribution in [-0.4, -0.2) is 21.0 Å². The van der Waals surface area contributed by atoms with E-state index in [9.17, 15) is 4.79 Å². The molecular formula is C14H15N3O2. The molecule has 0 aliphatic carbocycles. The molecule has 0 aliphatic heterocycles. The molecule has 0 atom stereocenters. The Kier molecular flexibility index (Phi) is 3.75. The maximum atomic E-state index is 11.0. The zero-order chi connectivity index (χ0) is 13.8. The average Bonchev–Trinajstić information content (AvgIpc) is 2.41. The highest BCUT2D eigenvalue weighted by atomic mass is 16.4. The number of hydrogen-bond donors (Lipinski definition) is 2. The van der Waals surface area contributed by atoms with E-state index in [1.165, 1.54) is 6.07 Å². The third-order valence-electron chi connectivity index (χ3n) is 2.63. The van der Waals surface area contributed by atoms with Crippen molar-refractivity contribution in [2.45, 2.75) is 20.3 Å². The lowest BCUT2D eigenvalue weighted by Gasteiger charge is -2.08. The minimum absolute atomic E-state index is 0.00135. The number of rotatable bonds is 4. The van der Waals surface area contributed by atoms with Gasteiger partial charge in [0, 0.05) is 18.2 Å². The van der Waals surface area contributed by atoms with Crippen LogP contribution < -0.4 is 5.32 Å². The van der Waals surface area contributed by atoms with Crippen molar-refractivity contribution >= 4 is 17.5 Å². The van der Waals surface area contributed by atoms with Gasteiger partial charge in [-0.2, -0.15) is 0 Å². The third kappa shape index (κ3) is 3.28. The number of aromatic carboxylic acids is 1. The van der Waals surface area contributed by atoms with Crippen LogP contribution in [0, 0.1) is 6.92 Å². The van der Waals surface area contributed by atoms with Crippen LogP contribution in [0.1, 0.15) is 28.8 Å². The molecule has 2 N–H and O–H groups in total. The third-order valence-corrected chi connectivity index (χ3v) is 2.63. The molecule has 2 rings (SSSR count). The Morgan fingerprint density at radius 2 is 1.95 bits per heavy atom. The molecule has 2 aromatic rings. The molecule has 98 valence electrons. The van der Waals surface area contributed by atoms with Crippen molar-refractivity contribution in [1.82, 2.24) is 9.97 Å². The number of nitrogens with one attached hydrogen (secondary N) is 1. The van der Waals surface area contributed by atoms with Crippen molar-refractivity contribution in [2.24, 2.45) is 0 Å². The lowest BCUT2D eigenvalue weighted by molar-refractivity contribution is 0.0690. The summed E-state index contributed by atoms with van der Waals surface area (Å²) in [5.74, 6) is -0.0494. The summed E-state index contributed by atoms with van der Waals surface area (Å²) in [6.07, 6.45) is 0.587. The molecule has 1 heterocycles. The Labute approximate surface area is 111 Å². The summed E-state index contributed by atoms with van der Waals surface area (Å²) in [7, 11) is 0. The largest absolute Gasteiger partial charge is 0.477 e. The van der Waals surface area contributed by atoms with Gasteiger partial charge in [-0.25, -0.2) is 14.8 Å². The summed E-state index contributed by atoms with van der Waals surface area (Å²) in [5.41, 5.74) is 2.03. The Morgan fingerprint density at radius 3 is 2.53 bits per heavy atom. The molecule has 0 radical (unpaired) electrons. The predicted octanol–water partition coefficient (Wildman–Crippen LogP) is 2.79. The molecule has 0 unspecified atom stereocenters. The van der Waals surface area contributed by atoms with Gasteiger partial charge in [-0.1, -0.05) is 24.6 Å². The molecule has 0 spiro atoms. The van der Waals surface area contributed by atoms with Gasteiger partial charge in [-0.15, -0.1) is 0 Å². The van der Waals surface area contributed by atoms with E-state index >= 15 is 0 Å². The first-order valence-corrected chi connectivity index (χ1v) is 6.03. The molecular weight excluding hydrogens is 242 g/mol. The fraction of sp³-hybridized carbons (Fsp3) is 0.214. The highest BCUT2D eigenvalue weighted by Crippen LogP contribution is 2.16. The maximum Gasteiger partial charge on any atom is 0.354 e. The highest BCUT2D eigenvalue weighted by Gasteiger charge is 2.09. The summed E-state index contributed by atoms with van der Waals surface area (Å²) in [5, 5.41) is 12.1. The highest BCUT2D eigenvalue weighted by molar-refractivity contribution is 5.86. The second kappa shape index (κ2) is 5.48. The minimum atomic E-state index is -1.05. The Balaban J connectivity index is 2.31. The van der Waals surface area contributed by atoms with E-state index in [-0.39, 0.29) is 5.69 Å². The van der Waals surface area contributed by atoms with E-state index < -0.39 is 5.97 Å². The van der Waals surface area contributed by atoms with Crippen LogP contribution in [-0.2, 0) is 6.42 Å². The Bertz CT molecular complexity index is 594. The van der Waals surface area contributed by atoms with Gasteiger partial charge in [-0.05, 0) is 19.1 Å². The van der Waals surface area contributed by atoms with E-state index in [4.69, 9.17) is 5.11 Å². The number of anilines is 2. The fourth-order valence-electron chi connectivity index (χ4n) is 1.61. The van der Waals surface area contributed by atoms with E-state index in [2.05, 4.69) is 15.3 Å². The van der Waals surface area contributed by atoms with Gasteiger partial charge in [0.25, 0.3) is 0 Å². The molecule has 0 bridgehead atoms. The van der Waals surface area contributed by atoms with Crippen LogP contribution >= 0.6 is 0 Å². The SMILES string of the molecule is CCc1nc(Nc2ccc(C)cc2)cc(C(=O)O)n1. The van der Waals surface area contributed by atoms with Crippen molar-refractivity contribution in [3.05, 3.63) is 47.4 Å². The molecule has 0 aliphatic rings. The molecule has 1 aromatic heterocycles. The quantitative estimate of drug-likeness (QED) is 0.880. The zero-order valence-corrected chi connectivity index (χ0v) is 10.8. The van der Waals surface area contributed by atoms with Crippen molar-refractivity contribution in [3.8, 4) is 0 Å². The zero-order valence-electron chi connectivity index (χ0n) is 10.8. The Morgan fingerprint density at radius 1 is 1.26 bits per heavy atom. The molecule has 1 aromatic carbocycles. The maximum absolute atomic E-state index is 11.0. The molecule has 0 fully saturated rings. The first-order valence-electron chi connectivity index (χ1n) is 6.03. The van der Waals surface area contributed by atoms with E-state index in [1.807, 2.05) is 38.1 Å². The number of aryl methyl sites for hydroxylation is 2. The number of carbonyl (C=O) groups is 1. The smallest absolute Gasteiger partial charge is 0.354 e. The number of carboxylic acids is 1.